The number of carbonyl (C=O) groups is 1. The van der Waals surface area contributed by atoms with Gasteiger partial charge in [-0.05, 0) is 48.9 Å². The average molecular weight is 412 g/mol. The second-order valence-electron chi connectivity index (χ2n) is 6.27. The smallest absolute Gasteiger partial charge is 0.237 e. The molecule has 4 rings (SSSR count). The SMILES string of the molecule is CCOc1ccc(N2C(=N)/C(=C3/NC(c4ccc(Cl)cc4)=CS3)CC2=O)cc1. The number of amides is 1. The molecule has 0 spiro atoms. The first-order valence-electron chi connectivity index (χ1n) is 8.84. The van der Waals surface area contributed by atoms with Crippen molar-refractivity contribution in [3.05, 3.63) is 75.1 Å². The lowest BCUT2D eigenvalue weighted by Crippen LogP contribution is -2.28. The van der Waals surface area contributed by atoms with E-state index < -0.39 is 0 Å². The van der Waals surface area contributed by atoms with E-state index in [4.69, 9.17) is 21.7 Å². The number of thioether (sulfide) groups is 1. The number of nitrogens with zero attached hydrogens (tertiary/aromatic N) is 1. The van der Waals surface area contributed by atoms with E-state index in [1.54, 1.807) is 12.1 Å². The number of halogens is 1. The zero-order valence-electron chi connectivity index (χ0n) is 15.2. The number of amidine groups is 1. The normalized spacial score (nSPS) is 19.1. The van der Waals surface area contributed by atoms with E-state index in [0.717, 1.165) is 22.0 Å². The third kappa shape index (κ3) is 3.53. The van der Waals surface area contributed by atoms with Gasteiger partial charge in [0.05, 0.1) is 29.4 Å². The van der Waals surface area contributed by atoms with E-state index >= 15 is 0 Å². The molecule has 0 atom stereocenters. The van der Waals surface area contributed by atoms with Gasteiger partial charge in [-0.3, -0.25) is 15.1 Å². The van der Waals surface area contributed by atoms with Crippen LogP contribution in [0.1, 0.15) is 18.9 Å². The van der Waals surface area contributed by atoms with Crippen LogP contribution >= 0.6 is 23.4 Å². The summed E-state index contributed by atoms with van der Waals surface area (Å²) in [5.41, 5.74) is 3.31. The van der Waals surface area contributed by atoms with Crippen molar-refractivity contribution in [2.24, 2.45) is 0 Å². The number of hydrogen-bond donors (Lipinski definition) is 2. The number of nitrogens with one attached hydrogen (secondary N) is 2. The number of ether oxygens (including phenoxy) is 1. The van der Waals surface area contributed by atoms with Crippen molar-refractivity contribution in [2.45, 2.75) is 13.3 Å². The molecule has 1 saturated heterocycles. The average Bonchev–Trinajstić information content (AvgIpc) is 3.28. The number of anilines is 1. The topological polar surface area (TPSA) is 65.4 Å². The van der Waals surface area contributed by atoms with Crippen LogP contribution in [0, 0.1) is 5.41 Å². The predicted molar refractivity (Wildman–Crippen MR) is 115 cm³/mol. The molecule has 0 radical (unpaired) electrons. The molecular weight excluding hydrogens is 394 g/mol. The molecule has 1 amide bonds. The van der Waals surface area contributed by atoms with Gasteiger partial charge in [-0.2, -0.15) is 0 Å². The van der Waals surface area contributed by atoms with Gasteiger partial charge in [0, 0.05) is 16.0 Å². The third-order valence-corrected chi connectivity index (χ3v) is 5.65. The fourth-order valence-electron chi connectivity index (χ4n) is 3.11. The van der Waals surface area contributed by atoms with Gasteiger partial charge in [-0.25, -0.2) is 0 Å². The number of rotatable bonds is 4. The van der Waals surface area contributed by atoms with Crippen molar-refractivity contribution in [1.82, 2.24) is 5.32 Å². The Balaban J connectivity index is 1.55. The summed E-state index contributed by atoms with van der Waals surface area (Å²) in [7, 11) is 0. The van der Waals surface area contributed by atoms with Crippen LogP contribution in [0.3, 0.4) is 0 Å². The highest BCUT2D eigenvalue weighted by Crippen LogP contribution is 2.37. The zero-order valence-corrected chi connectivity index (χ0v) is 16.7. The van der Waals surface area contributed by atoms with Crippen molar-refractivity contribution in [2.75, 3.05) is 11.5 Å². The molecule has 7 heteroatoms. The molecule has 5 nitrogen and oxygen atoms in total. The zero-order chi connectivity index (χ0) is 19.7. The highest BCUT2D eigenvalue weighted by Gasteiger charge is 2.35. The maximum atomic E-state index is 12.6. The lowest BCUT2D eigenvalue weighted by molar-refractivity contribution is -0.116. The molecule has 2 aromatic carbocycles. The van der Waals surface area contributed by atoms with Crippen LogP contribution in [-0.4, -0.2) is 18.3 Å². The van der Waals surface area contributed by atoms with Crippen LogP contribution in [-0.2, 0) is 4.79 Å². The van der Waals surface area contributed by atoms with Crippen molar-refractivity contribution in [1.29, 1.82) is 5.41 Å². The third-order valence-electron chi connectivity index (χ3n) is 4.46. The molecule has 0 aromatic heterocycles. The van der Waals surface area contributed by atoms with Gasteiger partial charge in [-0.1, -0.05) is 35.5 Å². The van der Waals surface area contributed by atoms with Crippen molar-refractivity contribution in [3.8, 4) is 5.75 Å². The molecular formula is C21H18ClN3O2S. The highest BCUT2D eigenvalue weighted by molar-refractivity contribution is 8.06. The summed E-state index contributed by atoms with van der Waals surface area (Å²) in [5, 5.41) is 15.4. The van der Waals surface area contributed by atoms with Gasteiger partial charge in [-0.15, -0.1) is 0 Å². The van der Waals surface area contributed by atoms with Gasteiger partial charge in [0.2, 0.25) is 5.91 Å². The molecule has 142 valence electrons. The first kappa shape index (κ1) is 18.7. The van der Waals surface area contributed by atoms with Gasteiger partial charge in [0.1, 0.15) is 11.6 Å². The number of carbonyl (C=O) groups excluding carboxylic acids is 1. The van der Waals surface area contributed by atoms with E-state index in [9.17, 15) is 4.79 Å². The summed E-state index contributed by atoms with van der Waals surface area (Å²) in [6.07, 6.45) is 0.198. The monoisotopic (exact) mass is 411 g/mol. The van der Waals surface area contributed by atoms with E-state index in [1.807, 2.05) is 48.7 Å². The first-order chi connectivity index (χ1) is 13.6. The molecule has 0 bridgehead atoms. The molecule has 0 aliphatic carbocycles. The van der Waals surface area contributed by atoms with Crippen LogP contribution in [0.15, 0.2) is 64.5 Å². The van der Waals surface area contributed by atoms with Crippen molar-refractivity contribution < 1.29 is 9.53 Å². The summed E-state index contributed by atoms with van der Waals surface area (Å²) < 4.78 is 5.45. The quantitative estimate of drug-likeness (QED) is 0.743. The van der Waals surface area contributed by atoms with Crippen molar-refractivity contribution in [3.63, 3.8) is 0 Å². The Morgan fingerprint density at radius 3 is 2.57 bits per heavy atom. The van der Waals surface area contributed by atoms with Crippen LogP contribution in [0.5, 0.6) is 5.75 Å². The van der Waals surface area contributed by atoms with E-state index in [-0.39, 0.29) is 18.2 Å². The Kier molecular flexibility index (Phi) is 5.15. The predicted octanol–water partition coefficient (Wildman–Crippen LogP) is 5.00. The second-order valence-corrected chi connectivity index (χ2v) is 7.59. The van der Waals surface area contributed by atoms with E-state index in [0.29, 0.717) is 22.9 Å². The first-order valence-corrected chi connectivity index (χ1v) is 10.1. The Bertz CT molecular complexity index is 997. The summed E-state index contributed by atoms with van der Waals surface area (Å²) >= 11 is 7.45. The lowest BCUT2D eigenvalue weighted by atomic mass is 10.1. The van der Waals surface area contributed by atoms with Crippen LogP contribution in [0.25, 0.3) is 5.70 Å². The summed E-state index contributed by atoms with van der Waals surface area (Å²) in [6, 6.07) is 14.8. The fraction of sp³-hybridized carbons (Fsp3) is 0.143. The number of benzene rings is 2. The maximum Gasteiger partial charge on any atom is 0.237 e. The van der Waals surface area contributed by atoms with E-state index in [1.165, 1.54) is 16.7 Å². The van der Waals surface area contributed by atoms with Crippen molar-refractivity contribution >= 4 is 46.5 Å². The minimum Gasteiger partial charge on any atom is -0.494 e. The van der Waals surface area contributed by atoms with Gasteiger partial charge >= 0.3 is 0 Å². The Hall–Kier alpha value is -2.70. The number of hydrogen-bond acceptors (Lipinski definition) is 5. The molecule has 0 unspecified atom stereocenters. The van der Waals surface area contributed by atoms with Crippen LogP contribution < -0.4 is 15.0 Å². The van der Waals surface area contributed by atoms with Gasteiger partial charge in [0.25, 0.3) is 0 Å². The molecule has 2 heterocycles. The van der Waals surface area contributed by atoms with E-state index in [2.05, 4.69) is 5.32 Å². The Morgan fingerprint density at radius 1 is 1.18 bits per heavy atom. The molecule has 2 aliphatic heterocycles. The van der Waals surface area contributed by atoms with Crippen LogP contribution in [0.4, 0.5) is 5.69 Å². The van der Waals surface area contributed by atoms with Crippen LogP contribution in [0.2, 0.25) is 5.02 Å². The molecule has 2 aliphatic rings. The molecule has 2 aromatic rings. The Morgan fingerprint density at radius 2 is 1.89 bits per heavy atom. The summed E-state index contributed by atoms with van der Waals surface area (Å²) in [5.74, 6) is 0.835. The standard InChI is InChI=1S/C21H18ClN3O2S/c1-2-27-16-9-7-15(8-10-16)25-19(26)11-17(20(25)23)21-24-18(12-28-21)13-3-5-14(22)6-4-13/h3-10,12,23-24H,2,11H2,1H3/b21-17-,23-20?. The summed E-state index contributed by atoms with van der Waals surface area (Å²) in [4.78, 5) is 14.0. The molecule has 0 saturated carbocycles. The minimum atomic E-state index is -0.112. The fourth-order valence-corrected chi connectivity index (χ4v) is 4.14. The highest BCUT2D eigenvalue weighted by atomic mass is 35.5. The molecule has 2 N–H and O–H groups in total. The maximum absolute atomic E-state index is 12.6. The summed E-state index contributed by atoms with van der Waals surface area (Å²) in [6.45, 7) is 2.50. The van der Waals surface area contributed by atoms with Gasteiger partial charge < -0.3 is 10.1 Å². The second kappa shape index (κ2) is 7.73. The Labute approximate surface area is 172 Å². The lowest BCUT2D eigenvalue weighted by Gasteiger charge is -2.16. The largest absolute Gasteiger partial charge is 0.494 e. The van der Waals surface area contributed by atoms with Gasteiger partial charge in [0.15, 0.2) is 0 Å². The molecule has 28 heavy (non-hydrogen) atoms. The molecule has 1 fully saturated rings. The minimum absolute atomic E-state index is 0.112.